The van der Waals surface area contributed by atoms with Crippen molar-refractivity contribution in [2.24, 2.45) is 5.92 Å². The summed E-state index contributed by atoms with van der Waals surface area (Å²) in [5.41, 5.74) is 1.43. The Hall–Kier alpha value is -2.17. The lowest BCUT2D eigenvalue weighted by Crippen LogP contribution is -2.05. The van der Waals surface area contributed by atoms with Gasteiger partial charge in [-0.05, 0) is 93.8 Å². The van der Waals surface area contributed by atoms with E-state index in [0.29, 0.717) is 12.0 Å². The quantitative estimate of drug-likeness (QED) is 0.185. The highest BCUT2D eigenvalue weighted by Crippen LogP contribution is 2.39. The molecule has 0 spiro atoms. The molecule has 1 saturated heterocycles. The van der Waals surface area contributed by atoms with Gasteiger partial charge in [0.1, 0.15) is 17.3 Å². The van der Waals surface area contributed by atoms with E-state index in [9.17, 15) is 0 Å². The SMILES string of the molecule is COc1ccc(O/C(=C\CC[C@H](C)C(C)=CSc2ccccc2)CCC2OC2(C)C)cc1. The molecule has 4 heteroatoms. The highest BCUT2D eigenvalue weighted by atomic mass is 32.2. The molecule has 0 bridgehead atoms. The van der Waals surface area contributed by atoms with Gasteiger partial charge >= 0.3 is 0 Å². The molecular formula is C28H36O3S. The molecule has 1 unspecified atom stereocenters. The van der Waals surface area contributed by atoms with Gasteiger partial charge in [0.15, 0.2) is 0 Å². The molecule has 2 atom stereocenters. The summed E-state index contributed by atoms with van der Waals surface area (Å²) in [5.74, 6) is 3.22. The van der Waals surface area contributed by atoms with Crippen molar-refractivity contribution in [2.45, 2.75) is 70.0 Å². The van der Waals surface area contributed by atoms with Crippen LogP contribution in [0.25, 0.3) is 0 Å². The fourth-order valence-electron chi connectivity index (χ4n) is 3.50. The number of rotatable bonds is 12. The van der Waals surface area contributed by atoms with Crippen molar-refractivity contribution < 1.29 is 14.2 Å². The number of hydrogen-bond acceptors (Lipinski definition) is 4. The fourth-order valence-corrected chi connectivity index (χ4v) is 4.37. The molecule has 3 rings (SSSR count). The summed E-state index contributed by atoms with van der Waals surface area (Å²) in [6.45, 7) is 8.83. The highest BCUT2D eigenvalue weighted by Gasteiger charge is 2.47. The maximum atomic E-state index is 6.24. The monoisotopic (exact) mass is 452 g/mol. The number of hydrogen-bond donors (Lipinski definition) is 0. The Morgan fingerprint density at radius 1 is 1.09 bits per heavy atom. The summed E-state index contributed by atoms with van der Waals surface area (Å²) in [7, 11) is 1.68. The standard InChI is InChI=1S/C28H36O3S/c1-21(22(2)20-32-26-12-7-6-8-13-26)10-9-11-24(18-19-27-28(3,4)31-27)30-25-16-14-23(29-5)15-17-25/h6-8,11-17,20-21,27H,9-10,18-19H2,1-5H3/b22-20?,24-11-/t21-,27?/m0/s1. The minimum absolute atomic E-state index is 0.0120. The van der Waals surface area contributed by atoms with E-state index in [1.807, 2.05) is 24.3 Å². The first kappa shape index (κ1) is 24.5. The summed E-state index contributed by atoms with van der Waals surface area (Å²) in [6.07, 6.45) is 6.53. The zero-order chi connectivity index (χ0) is 23.0. The van der Waals surface area contributed by atoms with Crippen LogP contribution in [-0.4, -0.2) is 18.8 Å². The first-order valence-electron chi connectivity index (χ1n) is 11.4. The number of epoxide rings is 1. The molecule has 0 aliphatic carbocycles. The Labute approximate surface area is 197 Å². The average Bonchev–Trinajstić information content (AvgIpc) is 3.42. The first-order chi connectivity index (χ1) is 15.4. The molecule has 3 nitrogen and oxygen atoms in total. The van der Waals surface area contributed by atoms with Crippen molar-refractivity contribution in [3.05, 3.63) is 77.4 Å². The number of thioether (sulfide) groups is 1. The third-order valence-electron chi connectivity index (χ3n) is 6.00. The second-order valence-corrected chi connectivity index (χ2v) is 9.91. The lowest BCUT2D eigenvalue weighted by atomic mass is 9.98. The lowest BCUT2D eigenvalue weighted by molar-refractivity contribution is 0.314. The van der Waals surface area contributed by atoms with E-state index in [1.54, 1.807) is 18.9 Å². The van der Waals surface area contributed by atoms with Gasteiger partial charge in [0.25, 0.3) is 0 Å². The van der Waals surface area contributed by atoms with Crippen LogP contribution in [0, 0.1) is 5.92 Å². The third kappa shape index (κ3) is 7.75. The smallest absolute Gasteiger partial charge is 0.127 e. The molecule has 2 aromatic rings. The Kier molecular flexibility index (Phi) is 8.89. The molecule has 0 aromatic heterocycles. The fraction of sp³-hybridized carbons (Fsp3) is 0.429. The average molecular weight is 453 g/mol. The molecule has 1 aliphatic rings. The minimum Gasteiger partial charge on any atom is -0.497 e. The second kappa shape index (κ2) is 11.6. The van der Waals surface area contributed by atoms with Crippen molar-refractivity contribution >= 4 is 11.8 Å². The molecule has 172 valence electrons. The van der Waals surface area contributed by atoms with Gasteiger partial charge < -0.3 is 14.2 Å². The molecule has 1 fully saturated rings. The van der Waals surface area contributed by atoms with Gasteiger partial charge in [-0.1, -0.05) is 42.5 Å². The van der Waals surface area contributed by atoms with Crippen molar-refractivity contribution in [3.63, 3.8) is 0 Å². The zero-order valence-electron chi connectivity index (χ0n) is 20.0. The normalized spacial score (nSPS) is 18.8. The van der Waals surface area contributed by atoms with Crippen LogP contribution in [0.3, 0.4) is 0 Å². The van der Waals surface area contributed by atoms with Gasteiger partial charge in [-0.3, -0.25) is 0 Å². The van der Waals surface area contributed by atoms with E-state index in [1.165, 1.54) is 10.5 Å². The van der Waals surface area contributed by atoms with E-state index in [0.717, 1.165) is 42.9 Å². The molecular weight excluding hydrogens is 416 g/mol. The van der Waals surface area contributed by atoms with E-state index in [4.69, 9.17) is 14.2 Å². The van der Waals surface area contributed by atoms with Crippen LogP contribution in [-0.2, 0) is 4.74 Å². The van der Waals surface area contributed by atoms with Crippen LogP contribution >= 0.6 is 11.8 Å². The van der Waals surface area contributed by atoms with Gasteiger partial charge in [-0.2, -0.15) is 0 Å². The third-order valence-corrected chi connectivity index (χ3v) is 7.03. The number of ether oxygens (including phenoxy) is 3. The van der Waals surface area contributed by atoms with Crippen LogP contribution in [0.5, 0.6) is 11.5 Å². The predicted octanol–water partition coefficient (Wildman–Crippen LogP) is 8.03. The Morgan fingerprint density at radius 2 is 1.75 bits per heavy atom. The summed E-state index contributed by atoms with van der Waals surface area (Å²) < 4.78 is 17.3. The molecule has 0 N–H and O–H groups in total. The van der Waals surface area contributed by atoms with Gasteiger partial charge in [0.2, 0.25) is 0 Å². The first-order valence-corrected chi connectivity index (χ1v) is 12.3. The van der Waals surface area contributed by atoms with Crippen molar-refractivity contribution in [1.82, 2.24) is 0 Å². The van der Waals surface area contributed by atoms with Crippen LogP contribution in [0.2, 0.25) is 0 Å². The second-order valence-electron chi connectivity index (χ2n) is 8.97. The maximum Gasteiger partial charge on any atom is 0.127 e. The molecule has 0 amide bonds. The number of benzene rings is 2. The van der Waals surface area contributed by atoms with E-state index in [-0.39, 0.29) is 5.60 Å². The van der Waals surface area contributed by atoms with Crippen LogP contribution in [0.4, 0.5) is 0 Å². The van der Waals surface area contributed by atoms with E-state index < -0.39 is 0 Å². The maximum absolute atomic E-state index is 6.24. The number of methoxy groups -OCH3 is 1. The van der Waals surface area contributed by atoms with Crippen LogP contribution in [0.1, 0.15) is 53.4 Å². The van der Waals surface area contributed by atoms with Crippen molar-refractivity contribution in [2.75, 3.05) is 7.11 Å². The lowest BCUT2D eigenvalue weighted by Gasteiger charge is -2.13. The highest BCUT2D eigenvalue weighted by molar-refractivity contribution is 8.02. The van der Waals surface area contributed by atoms with Crippen LogP contribution in [0.15, 0.2) is 82.3 Å². The predicted molar refractivity (Wildman–Crippen MR) is 134 cm³/mol. The van der Waals surface area contributed by atoms with E-state index in [2.05, 4.69) is 69.5 Å². The summed E-state index contributed by atoms with van der Waals surface area (Å²) in [6, 6.07) is 18.3. The zero-order valence-corrected chi connectivity index (χ0v) is 20.8. The molecule has 2 aromatic carbocycles. The Morgan fingerprint density at radius 3 is 2.38 bits per heavy atom. The molecule has 0 radical (unpaired) electrons. The molecule has 1 heterocycles. The number of allylic oxidation sites excluding steroid dienone is 3. The van der Waals surface area contributed by atoms with Crippen molar-refractivity contribution in [3.8, 4) is 11.5 Å². The summed E-state index contributed by atoms with van der Waals surface area (Å²) >= 11 is 1.79. The van der Waals surface area contributed by atoms with Crippen molar-refractivity contribution in [1.29, 1.82) is 0 Å². The minimum atomic E-state index is 0.0120. The van der Waals surface area contributed by atoms with Crippen LogP contribution < -0.4 is 9.47 Å². The molecule has 1 aliphatic heterocycles. The Balaban J connectivity index is 1.55. The topological polar surface area (TPSA) is 31.0 Å². The van der Waals surface area contributed by atoms with Gasteiger partial charge in [-0.25, -0.2) is 0 Å². The molecule has 32 heavy (non-hydrogen) atoms. The van der Waals surface area contributed by atoms with Gasteiger partial charge in [-0.15, -0.1) is 0 Å². The van der Waals surface area contributed by atoms with Gasteiger partial charge in [0, 0.05) is 11.3 Å². The van der Waals surface area contributed by atoms with E-state index >= 15 is 0 Å². The Bertz CT molecular complexity index is 900. The van der Waals surface area contributed by atoms with Gasteiger partial charge in [0.05, 0.1) is 18.8 Å². The summed E-state index contributed by atoms with van der Waals surface area (Å²) in [5, 5.41) is 2.28. The largest absolute Gasteiger partial charge is 0.497 e. The molecule has 0 saturated carbocycles. The summed E-state index contributed by atoms with van der Waals surface area (Å²) in [4.78, 5) is 1.28.